The Morgan fingerprint density at radius 3 is 2.73 bits per heavy atom. The number of hydrogen-bond donors (Lipinski definition) is 2. The van der Waals surface area contributed by atoms with Gasteiger partial charge in [0.2, 0.25) is 0 Å². The predicted octanol–water partition coefficient (Wildman–Crippen LogP) is 2.88. The molecule has 0 bridgehead atoms. The molecule has 0 spiro atoms. The smallest absolute Gasteiger partial charge is 0.0461 e. The highest BCUT2D eigenvalue weighted by Gasteiger charge is 2.03. The Bertz CT molecular complexity index is 273. The Kier molecular flexibility index (Phi) is 2.84. The minimum Gasteiger partial charge on any atom is -0.398 e. The molecule has 60 valence electrons. The van der Waals surface area contributed by atoms with Gasteiger partial charge in [-0.25, -0.2) is 0 Å². The van der Waals surface area contributed by atoms with Crippen LogP contribution in [-0.4, -0.2) is 0 Å². The summed E-state index contributed by atoms with van der Waals surface area (Å²) in [4.78, 5) is 0.837. The first-order valence-electron chi connectivity index (χ1n) is 3.42. The molecule has 0 amide bonds. The summed E-state index contributed by atoms with van der Waals surface area (Å²) >= 11 is 7.70. The van der Waals surface area contributed by atoms with Crippen LogP contribution in [0.3, 0.4) is 0 Å². The summed E-state index contributed by atoms with van der Waals surface area (Å²) in [6.07, 6.45) is 0.994. The first kappa shape index (κ1) is 8.94. The number of halogens is 1. The molecule has 1 aromatic rings. The second kappa shape index (κ2) is 3.50. The normalized spacial score (nSPS) is 10.1. The van der Waals surface area contributed by atoms with Gasteiger partial charge in [-0.1, -0.05) is 13.0 Å². The zero-order chi connectivity index (χ0) is 8.43. The third-order valence-corrected chi connectivity index (χ3v) is 3.30. The summed E-state index contributed by atoms with van der Waals surface area (Å²) in [5.74, 6) is 0. The van der Waals surface area contributed by atoms with Crippen molar-refractivity contribution in [3.63, 3.8) is 0 Å². The molecule has 0 saturated heterocycles. The van der Waals surface area contributed by atoms with E-state index in [0.29, 0.717) is 0 Å². The number of hydrogen-bond acceptors (Lipinski definition) is 2. The van der Waals surface area contributed by atoms with Gasteiger partial charge in [0, 0.05) is 15.1 Å². The van der Waals surface area contributed by atoms with Crippen LogP contribution < -0.4 is 5.73 Å². The molecule has 1 rings (SSSR count). The molecular formula is C8H10BrNS. The molecule has 1 aromatic carbocycles. The third kappa shape index (κ3) is 1.71. The fraction of sp³-hybridized carbons (Fsp3) is 0.250. The van der Waals surface area contributed by atoms with E-state index in [9.17, 15) is 0 Å². The Hall–Kier alpha value is -0.150. The van der Waals surface area contributed by atoms with Crippen LogP contribution in [0.15, 0.2) is 21.5 Å². The molecule has 0 aliphatic carbocycles. The number of benzene rings is 1. The zero-order valence-electron chi connectivity index (χ0n) is 6.26. The largest absolute Gasteiger partial charge is 0.398 e. The second-order valence-electron chi connectivity index (χ2n) is 2.33. The van der Waals surface area contributed by atoms with Crippen LogP contribution in [0.1, 0.15) is 12.5 Å². The molecule has 0 aromatic heterocycles. The van der Waals surface area contributed by atoms with E-state index in [0.717, 1.165) is 21.5 Å². The van der Waals surface area contributed by atoms with Crippen molar-refractivity contribution in [3.8, 4) is 0 Å². The number of nitrogen functional groups attached to an aromatic ring is 1. The van der Waals surface area contributed by atoms with Crippen molar-refractivity contribution in [2.24, 2.45) is 0 Å². The van der Waals surface area contributed by atoms with Gasteiger partial charge in [0.1, 0.15) is 0 Å². The molecular weight excluding hydrogens is 222 g/mol. The summed E-state index contributed by atoms with van der Waals surface area (Å²) in [6.45, 7) is 2.10. The van der Waals surface area contributed by atoms with Crippen molar-refractivity contribution in [1.29, 1.82) is 0 Å². The SMILES string of the molecule is CCc1ccc(N)c(S)c1Br. The molecule has 0 aliphatic heterocycles. The monoisotopic (exact) mass is 231 g/mol. The third-order valence-electron chi connectivity index (χ3n) is 1.61. The van der Waals surface area contributed by atoms with Gasteiger partial charge >= 0.3 is 0 Å². The van der Waals surface area contributed by atoms with Crippen LogP contribution >= 0.6 is 28.6 Å². The molecule has 11 heavy (non-hydrogen) atoms. The molecule has 1 nitrogen and oxygen atoms in total. The van der Waals surface area contributed by atoms with Crippen LogP contribution in [0.2, 0.25) is 0 Å². The molecule has 0 saturated carbocycles. The average molecular weight is 232 g/mol. The fourth-order valence-corrected chi connectivity index (χ4v) is 1.75. The lowest BCUT2D eigenvalue weighted by Gasteiger charge is -2.05. The Morgan fingerprint density at radius 2 is 2.18 bits per heavy atom. The summed E-state index contributed by atoms with van der Waals surface area (Å²) in [5.41, 5.74) is 7.60. The van der Waals surface area contributed by atoms with E-state index in [4.69, 9.17) is 5.73 Å². The lowest BCUT2D eigenvalue weighted by Crippen LogP contribution is -1.91. The molecule has 0 atom stereocenters. The van der Waals surface area contributed by atoms with Crippen molar-refractivity contribution in [2.75, 3.05) is 5.73 Å². The summed E-state index contributed by atoms with van der Waals surface area (Å²) < 4.78 is 1.02. The van der Waals surface area contributed by atoms with E-state index < -0.39 is 0 Å². The number of nitrogens with two attached hydrogens (primary N) is 1. The van der Waals surface area contributed by atoms with Gasteiger partial charge in [0.25, 0.3) is 0 Å². The van der Waals surface area contributed by atoms with Gasteiger partial charge in [-0.05, 0) is 34.0 Å². The van der Waals surface area contributed by atoms with Crippen LogP contribution in [0.5, 0.6) is 0 Å². The molecule has 0 radical (unpaired) electrons. The number of rotatable bonds is 1. The molecule has 0 aliphatic rings. The van der Waals surface area contributed by atoms with Crippen molar-refractivity contribution < 1.29 is 0 Å². The van der Waals surface area contributed by atoms with Crippen LogP contribution in [0, 0.1) is 0 Å². The van der Waals surface area contributed by atoms with Gasteiger partial charge in [0.15, 0.2) is 0 Å². The van der Waals surface area contributed by atoms with Crippen molar-refractivity contribution in [2.45, 2.75) is 18.2 Å². The van der Waals surface area contributed by atoms with Crippen LogP contribution in [0.25, 0.3) is 0 Å². The van der Waals surface area contributed by atoms with E-state index in [1.807, 2.05) is 12.1 Å². The molecule has 3 heteroatoms. The Balaban J connectivity index is 3.25. The standard InChI is InChI=1S/C8H10BrNS/c1-2-5-3-4-6(10)8(11)7(5)9/h3-4,11H,2,10H2,1H3. The maximum Gasteiger partial charge on any atom is 0.0461 e. The van der Waals surface area contributed by atoms with Gasteiger partial charge in [0.05, 0.1) is 0 Å². The van der Waals surface area contributed by atoms with E-state index >= 15 is 0 Å². The predicted molar refractivity (Wildman–Crippen MR) is 55.2 cm³/mol. The highest BCUT2D eigenvalue weighted by molar-refractivity contribution is 9.10. The van der Waals surface area contributed by atoms with Crippen molar-refractivity contribution in [1.82, 2.24) is 0 Å². The zero-order valence-corrected chi connectivity index (χ0v) is 8.74. The summed E-state index contributed by atoms with van der Waals surface area (Å²) in [7, 11) is 0. The maximum absolute atomic E-state index is 5.64. The maximum atomic E-state index is 5.64. The number of aryl methyl sites for hydroxylation is 1. The van der Waals surface area contributed by atoms with Gasteiger partial charge in [-0.3, -0.25) is 0 Å². The van der Waals surface area contributed by atoms with Crippen LogP contribution in [0.4, 0.5) is 5.69 Å². The Morgan fingerprint density at radius 1 is 1.55 bits per heavy atom. The van der Waals surface area contributed by atoms with E-state index in [2.05, 4.69) is 35.5 Å². The fourth-order valence-electron chi connectivity index (χ4n) is 0.894. The summed E-state index contributed by atoms with van der Waals surface area (Å²) in [6, 6.07) is 3.89. The first-order valence-corrected chi connectivity index (χ1v) is 4.66. The first-order chi connectivity index (χ1) is 5.16. The highest BCUT2D eigenvalue weighted by Crippen LogP contribution is 2.29. The summed E-state index contributed by atoms with van der Waals surface area (Å²) in [5, 5.41) is 0. The lowest BCUT2D eigenvalue weighted by atomic mass is 10.1. The number of thiol groups is 1. The van der Waals surface area contributed by atoms with Crippen LogP contribution in [-0.2, 0) is 6.42 Å². The van der Waals surface area contributed by atoms with E-state index in [1.165, 1.54) is 5.56 Å². The van der Waals surface area contributed by atoms with Gasteiger partial charge in [-0.2, -0.15) is 0 Å². The highest BCUT2D eigenvalue weighted by atomic mass is 79.9. The molecule has 2 N–H and O–H groups in total. The molecule has 0 heterocycles. The lowest BCUT2D eigenvalue weighted by molar-refractivity contribution is 1.11. The van der Waals surface area contributed by atoms with E-state index in [1.54, 1.807) is 0 Å². The average Bonchev–Trinajstić information content (AvgIpc) is 2.01. The number of anilines is 1. The van der Waals surface area contributed by atoms with Crippen molar-refractivity contribution in [3.05, 3.63) is 22.2 Å². The van der Waals surface area contributed by atoms with E-state index in [-0.39, 0.29) is 0 Å². The quantitative estimate of drug-likeness (QED) is 0.565. The van der Waals surface area contributed by atoms with Crippen molar-refractivity contribution >= 4 is 34.2 Å². The van der Waals surface area contributed by atoms with Gasteiger partial charge < -0.3 is 5.73 Å². The molecule has 0 unspecified atom stereocenters. The van der Waals surface area contributed by atoms with Gasteiger partial charge in [-0.15, -0.1) is 12.6 Å². The minimum atomic E-state index is 0.720. The Labute approximate surface area is 80.5 Å². The molecule has 0 fully saturated rings. The topological polar surface area (TPSA) is 26.0 Å². The second-order valence-corrected chi connectivity index (χ2v) is 3.57. The minimum absolute atomic E-state index is 0.720.